The molecule has 0 unspecified atom stereocenters. The Kier molecular flexibility index (Phi) is 2.45. The van der Waals surface area contributed by atoms with Crippen molar-refractivity contribution in [2.45, 2.75) is 13.5 Å². The van der Waals surface area contributed by atoms with Crippen LogP contribution in [0.2, 0.25) is 0 Å². The van der Waals surface area contributed by atoms with E-state index >= 15 is 0 Å². The first-order valence-corrected chi connectivity index (χ1v) is 3.46. The van der Waals surface area contributed by atoms with Crippen molar-refractivity contribution in [3.05, 3.63) is 18.2 Å². The van der Waals surface area contributed by atoms with E-state index in [0.717, 1.165) is 18.8 Å². The highest BCUT2D eigenvalue weighted by Gasteiger charge is 1.90. The van der Waals surface area contributed by atoms with Gasteiger partial charge in [0.15, 0.2) is 0 Å². The summed E-state index contributed by atoms with van der Waals surface area (Å²) >= 11 is 0. The van der Waals surface area contributed by atoms with Gasteiger partial charge in [-0.25, -0.2) is 4.98 Å². The summed E-state index contributed by atoms with van der Waals surface area (Å²) in [6.45, 7) is 3.99. The molecule has 56 valence electrons. The van der Waals surface area contributed by atoms with Crippen LogP contribution in [0.15, 0.2) is 12.5 Å². The van der Waals surface area contributed by atoms with Gasteiger partial charge in [0.25, 0.3) is 0 Å². The lowest BCUT2D eigenvalue weighted by molar-refractivity contribution is 0.644. The van der Waals surface area contributed by atoms with Gasteiger partial charge in [-0.05, 0) is 14.0 Å². The van der Waals surface area contributed by atoms with Gasteiger partial charge < -0.3 is 9.88 Å². The summed E-state index contributed by atoms with van der Waals surface area (Å²) in [6, 6.07) is 0. The van der Waals surface area contributed by atoms with Gasteiger partial charge in [-0.3, -0.25) is 0 Å². The molecular weight excluding hydrogens is 126 g/mol. The van der Waals surface area contributed by atoms with Crippen molar-refractivity contribution in [1.82, 2.24) is 14.9 Å². The molecule has 3 heteroatoms. The van der Waals surface area contributed by atoms with Gasteiger partial charge >= 0.3 is 0 Å². The highest BCUT2D eigenvalue weighted by Crippen LogP contribution is 1.91. The Labute approximate surface area is 61.1 Å². The normalized spacial score (nSPS) is 10.2. The molecular formula is C7H13N3. The van der Waals surface area contributed by atoms with Gasteiger partial charge in [-0.1, -0.05) is 0 Å². The van der Waals surface area contributed by atoms with Crippen molar-refractivity contribution in [3.63, 3.8) is 0 Å². The van der Waals surface area contributed by atoms with Crippen LogP contribution in [-0.4, -0.2) is 23.1 Å². The molecule has 0 radical (unpaired) electrons. The van der Waals surface area contributed by atoms with Crippen molar-refractivity contribution >= 4 is 0 Å². The predicted octanol–water partition coefficient (Wildman–Crippen LogP) is 0.411. The van der Waals surface area contributed by atoms with E-state index in [1.807, 2.05) is 26.5 Å². The van der Waals surface area contributed by atoms with Gasteiger partial charge in [-0.2, -0.15) is 0 Å². The fourth-order valence-corrected chi connectivity index (χ4v) is 0.835. The summed E-state index contributed by atoms with van der Waals surface area (Å²) in [5, 5.41) is 3.08. The summed E-state index contributed by atoms with van der Waals surface area (Å²) in [5.74, 6) is 0. The lowest BCUT2D eigenvalue weighted by Crippen LogP contribution is -2.13. The molecule has 0 fully saturated rings. The van der Waals surface area contributed by atoms with Gasteiger partial charge in [0.2, 0.25) is 0 Å². The lowest BCUT2D eigenvalue weighted by atomic mass is 10.5. The number of hydrogen-bond acceptors (Lipinski definition) is 2. The Hall–Kier alpha value is -0.830. The smallest absolute Gasteiger partial charge is 0.0949 e. The number of imidazole rings is 1. The second kappa shape index (κ2) is 3.37. The van der Waals surface area contributed by atoms with E-state index in [4.69, 9.17) is 0 Å². The topological polar surface area (TPSA) is 29.9 Å². The van der Waals surface area contributed by atoms with Crippen molar-refractivity contribution in [1.29, 1.82) is 0 Å². The number of nitrogens with zero attached hydrogens (tertiary/aromatic N) is 2. The van der Waals surface area contributed by atoms with Crippen LogP contribution in [0.3, 0.4) is 0 Å². The maximum absolute atomic E-state index is 4.10. The largest absolute Gasteiger partial charge is 0.336 e. The fourth-order valence-electron chi connectivity index (χ4n) is 0.835. The molecule has 3 nitrogen and oxygen atoms in total. The quantitative estimate of drug-likeness (QED) is 0.657. The number of aryl methyl sites for hydroxylation is 1. The molecule has 0 atom stereocenters. The van der Waals surface area contributed by atoms with Gasteiger partial charge in [0.1, 0.15) is 0 Å². The molecule has 0 spiro atoms. The minimum absolute atomic E-state index is 0.996. The first-order valence-electron chi connectivity index (χ1n) is 3.46. The monoisotopic (exact) mass is 139 g/mol. The summed E-state index contributed by atoms with van der Waals surface area (Å²) in [5.41, 5.74) is 1.08. The highest BCUT2D eigenvalue weighted by atomic mass is 15.0. The molecule has 0 aromatic carbocycles. The second-order valence-corrected chi connectivity index (χ2v) is 2.36. The Balaban J connectivity index is 2.42. The average Bonchev–Trinajstić information content (AvgIpc) is 2.31. The van der Waals surface area contributed by atoms with E-state index in [2.05, 4.69) is 14.9 Å². The molecule has 1 aromatic rings. The molecule has 1 N–H and O–H groups in total. The first kappa shape index (κ1) is 7.28. The first-order chi connectivity index (χ1) is 4.83. The molecule has 1 heterocycles. The maximum atomic E-state index is 4.10. The zero-order valence-electron chi connectivity index (χ0n) is 6.46. The van der Waals surface area contributed by atoms with E-state index in [1.165, 1.54) is 0 Å². The molecule has 0 amide bonds. The molecule has 1 aromatic heterocycles. The van der Waals surface area contributed by atoms with Crippen molar-refractivity contribution < 1.29 is 0 Å². The lowest BCUT2D eigenvalue weighted by Gasteiger charge is -1.98. The van der Waals surface area contributed by atoms with Gasteiger partial charge in [-0.15, -0.1) is 0 Å². The number of likely N-dealkylation sites (N-methyl/N-ethyl adjacent to an activating group) is 1. The molecule has 10 heavy (non-hydrogen) atoms. The van der Waals surface area contributed by atoms with Crippen LogP contribution in [0, 0.1) is 6.92 Å². The third-order valence-electron chi connectivity index (χ3n) is 1.38. The predicted molar refractivity (Wildman–Crippen MR) is 40.9 cm³/mol. The van der Waals surface area contributed by atoms with Gasteiger partial charge in [0, 0.05) is 19.3 Å². The number of rotatable bonds is 3. The minimum Gasteiger partial charge on any atom is -0.336 e. The van der Waals surface area contributed by atoms with Crippen LogP contribution in [0.4, 0.5) is 0 Å². The van der Waals surface area contributed by atoms with Crippen LogP contribution >= 0.6 is 0 Å². The molecule has 0 aliphatic carbocycles. The van der Waals surface area contributed by atoms with E-state index in [-0.39, 0.29) is 0 Å². The molecule has 0 bridgehead atoms. The fraction of sp³-hybridized carbons (Fsp3) is 0.571. The Morgan fingerprint density at radius 1 is 1.70 bits per heavy atom. The highest BCUT2D eigenvalue weighted by molar-refractivity contribution is 4.91. The van der Waals surface area contributed by atoms with E-state index in [9.17, 15) is 0 Å². The van der Waals surface area contributed by atoms with E-state index in [0.29, 0.717) is 0 Å². The van der Waals surface area contributed by atoms with E-state index in [1.54, 1.807) is 0 Å². The molecule has 0 saturated heterocycles. The van der Waals surface area contributed by atoms with Crippen LogP contribution in [0.1, 0.15) is 5.69 Å². The summed E-state index contributed by atoms with van der Waals surface area (Å²) in [7, 11) is 1.95. The van der Waals surface area contributed by atoms with Crippen LogP contribution in [-0.2, 0) is 6.54 Å². The molecule has 0 saturated carbocycles. The standard InChI is InChI=1S/C7H13N3/c1-7-5-10(6-9-7)4-3-8-2/h5-6,8H,3-4H2,1-2H3. The SMILES string of the molecule is CNCCn1cnc(C)c1. The molecule has 0 aliphatic rings. The summed E-state index contributed by atoms with van der Waals surface area (Å²) in [6.07, 6.45) is 3.89. The third-order valence-corrected chi connectivity index (χ3v) is 1.38. The van der Waals surface area contributed by atoms with Crippen LogP contribution in [0.5, 0.6) is 0 Å². The number of nitrogens with one attached hydrogen (secondary N) is 1. The average molecular weight is 139 g/mol. The second-order valence-electron chi connectivity index (χ2n) is 2.36. The van der Waals surface area contributed by atoms with Crippen LogP contribution < -0.4 is 5.32 Å². The number of hydrogen-bond donors (Lipinski definition) is 1. The maximum Gasteiger partial charge on any atom is 0.0949 e. The Morgan fingerprint density at radius 3 is 3.00 bits per heavy atom. The summed E-state index contributed by atoms with van der Waals surface area (Å²) < 4.78 is 2.08. The molecule has 0 aliphatic heterocycles. The zero-order chi connectivity index (χ0) is 7.40. The van der Waals surface area contributed by atoms with E-state index < -0.39 is 0 Å². The zero-order valence-corrected chi connectivity index (χ0v) is 6.46. The van der Waals surface area contributed by atoms with Crippen molar-refractivity contribution in [2.24, 2.45) is 0 Å². The summed E-state index contributed by atoms with van der Waals surface area (Å²) in [4.78, 5) is 4.10. The minimum atomic E-state index is 0.996. The van der Waals surface area contributed by atoms with Gasteiger partial charge in [0.05, 0.1) is 12.0 Å². The Morgan fingerprint density at radius 2 is 2.50 bits per heavy atom. The van der Waals surface area contributed by atoms with Crippen molar-refractivity contribution in [3.8, 4) is 0 Å². The van der Waals surface area contributed by atoms with Crippen LogP contribution in [0.25, 0.3) is 0 Å². The molecule has 1 rings (SSSR count). The number of aromatic nitrogens is 2. The van der Waals surface area contributed by atoms with Crippen molar-refractivity contribution in [2.75, 3.05) is 13.6 Å². The third kappa shape index (κ3) is 1.84. The Bertz CT molecular complexity index is 192.